The van der Waals surface area contributed by atoms with E-state index in [2.05, 4.69) is 69.3 Å². The molecule has 0 aromatic heterocycles. The Morgan fingerprint density at radius 2 is 1.13 bits per heavy atom. The molecule has 0 fully saturated rings. The quantitative estimate of drug-likeness (QED) is 0.646. The van der Waals surface area contributed by atoms with Crippen LogP contribution >= 0.6 is 24.9 Å². The summed E-state index contributed by atoms with van der Waals surface area (Å²) in [5, 5.41) is 3.00. The van der Waals surface area contributed by atoms with E-state index in [1.807, 2.05) is 0 Å². The van der Waals surface area contributed by atoms with Crippen molar-refractivity contribution in [3.8, 4) is 11.5 Å². The third-order valence-electron chi connectivity index (χ3n) is 4.13. The molecule has 23 heavy (non-hydrogen) atoms. The second kappa shape index (κ2) is 8.70. The molecule has 0 spiro atoms. The smallest absolute Gasteiger partial charge is 0.118 e. The van der Waals surface area contributed by atoms with Crippen LogP contribution in [0.5, 0.6) is 11.5 Å². The second-order valence-electron chi connectivity index (χ2n) is 5.90. The van der Waals surface area contributed by atoms with Crippen molar-refractivity contribution in [1.29, 1.82) is 0 Å². The Hall–Kier alpha value is -1.05. The molecule has 4 heteroatoms. The van der Waals surface area contributed by atoms with E-state index in [4.69, 9.17) is 9.47 Å². The summed E-state index contributed by atoms with van der Waals surface area (Å²) in [7, 11) is 2.97. The van der Waals surface area contributed by atoms with Gasteiger partial charge < -0.3 is 9.47 Å². The van der Waals surface area contributed by atoms with Gasteiger partial charge in [0.2, 0.25) is 0 Å². The number of halogens is 1. The van der Waals surface area contributed by atoms with Crippen molar-refractivity contribution in [3.63, 3.8) is 0 Å². The van der Waals surface area contributed by atoms with Crippen LogP contribution in [-0.2, 0) is 0 Å². The largest absolute Gasteiger partial charge is 0.497 e. The molecule has 0 amide bonds. The molecule has 2 aromatic carbocycles. The fourth-order valence-corrected chi connectivity index (χ4v) is 5.38. The van der Waals surface area contributed by atoms with E-state index >= 15 is 0 Å². The lowest BCUT2D eigenvalue weighted by Crippen LogP contribution is -2.28. The molecule has 0 bridgehead atoms. The van der Waals surface area contributed by atoms with E-state index in [0.717, 1.165) is 17.9 Å². The topological polar surface area (TPSA) is 18.5 Å². The molecule has 126 valence electrons. The van der Waals surface area contributed by atoms with Gasteiger partial charge in [0.1, 0.15) is 11.5 Å². The van der Waals surface area contributed by atoms with E-state index < -0.39 is 7.92 Å². The average Bonchev–Trinajstić information content (AvgIpc) is 2.56. The Kier molecular flexibility index (Phi) is 7.57. The van der Waals surface area contributed by atoms with Gasteiger partial charge in [-0.05, 0) is 54.4 Å². The van der Waals surface area contributed by atoms with Crippen LogP contribution in [0.15, 0.2) is 48.5 Å². The van der Waals surface area contributed by atoms with Crippen molar-refractivity contribution in [2.24, 2.45) is 0 Å². The van der Waals surface area contributed by atoms with Gasteiger partial charge in [-0.25, -0.2) is 0 Å². The van der Waals surface area contributed by atoms with Gasteiger partial charge in [0.25, 0.3) is 0 Å². The monoisotopic (exact) mass is 396 g/mol. The standard InChI is InChI=1S/C19H25O2P.BrH/c1-6-19(2,3)22(17-11-7-15(20-4)8-12-17)18-13-9-16(21-5)10-14-18;/h7-14H,6H2,1-5H3;1H. The van der Waals surface area contributed by atoms with Crippen LogP contribution in [0.1, 0.15) is 27.2 Å². The molecular weight excluding hydrogens is 371 g/mol. The van der Waals surface area contributed by atoms with Crippen molar-refractivity contribution in [1.82, 2.24) is 0 Å². The maximum atomic E-state index is 5.29. The van der Waals surface area contributed by atoms with Gasteiger partial charge in [-0.1, -0.05) is 45.0 Å². The van der Waals surface area contributed by atoms with Gasteiger partial charge in [-0.2, -0.15) is 0 Å². The predicted molar refractivity (Wildman–Crippen MR) is 107 cm³/mol. The zero-order valence-corrected chi connectivity index (χ0v) is 17.1. The molecule has 0 radical (unpaired) electrons. The first-order chi connectivity index (χ1) is 10.5. The minimum absolute atomic E-state index is 0. The summed E-state index contributed by atoms with van der Waals surface area (Å²) >= 11 is 0. The second-order valence-corrected chi connectivity index (χ2v) is 8.81. The maximum absolute atomic E-state index is 5.29. The van der Waals surface area contributed by atoms with Gasteiger partial charge in [0.05, 0.1) is 14.2 Å². The summed E-state index contributed by atoms with van der Waals surface area (Å²) in [6.07, 6.45) is 1.14. The van der Waals surface area contributed by atoms with E-state index in [-0.39, 0.29) is 22.1 Å². The van der Waals surface area contributed by atoms with Crippen molar-refractivity contribution in [3.05, 3.63) is 48.5 Å². The van der Waals surface area contributed by atoms with Crippen LogP contribution in [-0.4, -0.2) is 19.4 Å². The predicted octanol–water partition coefficient (Wildman–Crippen LogP) is 4.90. The minimum Gasteiger partial charge on any atom is -0.497 e. The first-order valence-corrected chi connectivity index (χ1v) is 8.94. The van der Waals surface area contributed by atoms with Crippen LogP contribution in [0.25, 0.3) is 0 Å². The van der Waals surface area contributed by atoms with E-state index in [0.29, 0.717) is 0 Å². The zero-order chi connectivity index (χ0) is 16.2. The number of benzene rings is 2. The summed E-state index contributed by atoms with van der Waals surface area (Å²) < 4.78 is 10.6. The molecule has 0 N–H and O–H groups in total. The molecule has 0 saturated heterocycles. The Morgan fingerprint density at radius 1 is 0.783 bits per heavy atom. The molecule has 0 heterocycles. The highest BCUT2D eigenvalue weighted by atomic mass is 79.9. The summed E-state index contributed by atoms with van der Waals surface area (Å²) in [5.74, 6) is 1.81. The zero-order valence-electron chi connectivity index (χ0n) is 14.5. The summed E-state index contributed by atoms with van der Waals surface area (Å²) in [4.78, 5) is 0. The number of ether oxygens (including phenoxy) is 2. The summed E-state index contributed by atoms with van der Waals surface area (Å²) in [6.45, 7) is 6.97. The lowest BCUT2D eigenvalue weighted by Gasteiger charge is -2.35. The minimum atomic E-state index is -0.440. The molecule has 0 atom stereocenters. The fourth-order valence-electron chi connectivity index (χ4n) is 2.47. The van der Waals surface area contributed by atoms with Crippen molar-refractivity contribution < 1.29 is 9.47 Å². The molecule has 0 aliphatic carbocycles. The molecule has 0 aliphatic heterocycles. The van der Waals surface area contributed by atoms with Gasteiger partial charge in [0.15, 0.2) is 0 Å². The van der Waals surface area contributed by atoms with Crippen LogP contribution < -0.4 is 20.1 Å². The average molecular weight is 397 g/mol. The van der Waals surface area contributed by atoms with Crippen LogP contribution in [0.3, 0.4) is 0 Å². The fraction of sp³-hybridized carbons (Fsp3) is 0.368. The number of hydrogen-bond acceptors (Lipinski definition) is 2. The Morgan fingerprint density at radius 3 is 1.39 bits per heavy atom. The van der Waals surface area contributed by atoms with Crippen LogP contribution in [0, 0.1) is 0 Å². The van der Waals surface area contributed by atoms with Crippen molar-refractivity contribution >= 4 is 35.5 Å². The molecule has 0 unspecified atom stereocenters. The highest BCUT2D eigenvalue weighted by Crippen LogP contribution is 2.49. The highest BCUT2D eigenvalue weighted by molar-refractivity contribution is 8.93. The molecular formula is C19H26BrO2P. The first-order valence-electron chi connectivity index (χ1n) is 7.60. The molecule has 0 saturated carbocycles. The van der Waals surface area contributed by atoms with Gasteiger partial charge in [-0.15, -0.1) is 17.0 Å². The summed E-state index contributed by atoms with van der Waals surface area (Å²) in [5.41, 5.74) is 0. The normalized spacial score (nSPS) is 11.0. The summed E-state index contributed by atoms with van der Waals surface area (Å²) in [6, 6.07) is 17.0. The lowest BCUT2D eigenvalue weighted by molar-refractivity contribution is 0.415. The molecule has 2 aromatic rings. The van der Waals surface area contributed by atoms with E-state index in [1.54, 1.807) is 14.2 Å². The van der Waals surface area contributed by atoms with Crippen molar-refractivity contribution in [2.45, 2.75) is 32.3 Å². The molecule has 2 rings (SSSR count). The van der Waals surface area contributed by atoms with Crippen LogP contribution in [0.4, 0.5) is 0 Å². The maximum Gasteiger partial charge on any atom is 0.118 e. The molecule has 0 aliphatic rings. The highest BCUT2D eigenvalue weighted by Gasteiger charge is 2.30. The third kappa shape index (κ3) is 4.71. The number of rotatable bonds is 6. The number of methoxy groups -OCH3 is 2. The SMILES string of the molecule is Br.CCC(C)(C)P(c1ccc(OC)cc1)c1ccc(OC)cc1. The molecule has 2 nitrogen and oxygen atoms in total. The lowest BCUT2D eigenvalue weighted by atomic mass is 10.1. The van der Waals surface area contributed by atoms with E-state index in [1.165, 1.54) is 10.6 Å². The third-order valence-corrected chi connectivity index (χ3v) is 7.29. The first kappa shape index (κ1) is 20.0. The van der Waals surface area contributed by atoms with Gasteiger partial charge in [0, 0.05) is 0 Å². The Bertz CT molecular complexity index is 546. The van der Waals surface area contributed by atoms with Crippen LogP contribution in [0.2, 0.25) is 0 Å². The number of hydrogen-bond donors (Lipinski definition) is 0. The van der Waals surface area contributed by atoms with Gasteiger partial charge in [-0.3, -0.25) is 0 Å². The van der Waals surface area contributed by atoms with E-state index in [9.17, 15) is 0 Å². The van der Waals surface area contributed by atoms with Crippen molar-refractivity contribution in [2.75, 3.05) is 14.2 Å². The Labute approximate surface area is 151 Å². The Balaban J connectivity index is 0.00000264. The van der Waals surface area contributed by atoms with Gasteiger partial charge >= 0.3 is 0 Å².